The summed E-state index contributed by atoms with van der Waals surface area (Å²) in [5.41, 5.74) is 7.06. The molecule has 0 aliphatic carbocycles. The Hall–Kier alpha value is -2.60. The number of fused-ring (bicyclic) bond motifs is 1. The summed E-state index contributed by atoms with van der Waals surface area (Å²) in [5.74, 6) is -0.615. The highest BCUT2D eigenvalue weighted by Crippen LogP contribution is 2.24. The van der Waals surface area contributed by atoms with Crippen LogP contribution in [0.3, 0.4) is 0 Å². The number of para-hydroxylation sites is 1. The Labute approximate surface area is 130 Å². The maximum Gasteiger partial charge on any atom is 0.305 e. The molecule has 112 valence electrons. The van der Waals surface area contributed by atoms with Crippen LogP contribution in [-0.2, 0) is 0 Å². The van der Waals surface area contributed by atoms with Crippen LogP contribution in [0, 0.1) is 13.8 Å². The van der Waals surface area contributed by atoms with Crippen LogP contribution in [-0.4, -0.2) is 11.8 Å². The number of carbonyl (C=O) groups is 2. The Balaban J connectivity index is 1.75. The topological polar surface area (TPSA) is 71.3 Å². The van der Waals surface area contributed by atoms with Crippen LogP contribution in [0.25, 0.3) is 11.0 Å². The van der Waals surface area contributed by atoms with Crippen LogP contribution >= 0.6 is 11.3 Å². The molecule has 0 aliphatic rings. The largest absolute Gasteiger partial charge is 0.451 e. The minimum Gasteiger partial charge on any atom is -0.451 e. The van der Waals surface area contributed by atoms with Crippen molar-refractivity contribution in [3.05, 3.63) is 57.5 Å². The zero-order chi connectivity index (χ0) is 15.7. The van der Waals surface area contributed by atoms with Gasteiger partial charge < -0.3 is 4.42 Å². The molecule has 0 unspecified atom stereocenters. The van der Waals surface area contributed by atoms with E-state index in [1.165, 1.54) is 11.3 Å². The van der Waals surface area contributed by atoms with Crippen molar-refractivity contribution in [1.82, 2.24) is 10.9 Å². The molecule has 2 amide bonds. The molecule has 1 aromatic carbocycles. The lowest BCUT2D eigenvalue weighted by molar-refractivity contribution is 0.0833. The summed E-state index contributed by atoms with van der Waals surface area (Å²) in [6.45, 7) is 3.66. The molecular formula is C16H14N2O3S. The highest BCUT2D eigenvalue weighted by Gasteiger charge is 2.18. The molecule has 0 bridgehead atoms. The number of amides is 2. The summed E-state index contributed by atoms with van der Waals surface area (Å²) >= 11 is 1.33. The molecule has 0 saturated carbocycles. The summed E-state index contributed by atoms with van der Waals surface area (Å²) in [7, 11) is 0. The molecule has 0 fully saturated rings. The van der Waals surface area contributed by atoms with Gasteiger partial charge in [-0.05, 0) is 36.9 Å². The normalized spacial score (nSPS) is 10.6. The first-order valence-corrected chi connectivity index (χ1v) is 7.59. The molecule has 3 aromatic rings. The lowest BCUT2D eigenvalue weighted by Crippen LogP contribution is -2.41. The van der Waals surface area contributed by atoms with Crippen molar-refractivity contribution >= 4 is 34.1 Å². The molecule has 5 nitrogen and oxygen atoms in total. The van der Waals surface area contributed by atoms with Crippen LogP contribution in [0.2, 0.25) is 0 Å². The number of carbonyl (C=O) groups excluding carboxylic acids is 2. The molecule has 0 atom stereocenters. The third kappa shape index (κ3) is 2.48. The number of hydrazine groups is 1. The Morgan fingerprint density at radius 2 is 1.77 bits per heavy atom. The Morgan fingerprint density at radius 1 is 1.05 bits per heavy atom. The van der Waals surface area contributed by atoms with E-state index in [-0.39, 0.29) is 11.7 Å². The van der Waals surface area contributed by atoms with E-state index in [0.29, 0.717) is 10.5 Å². The maximum atomic E-state index is 12.2. The number of hydrogen-bond donors (Lipinski definition) is 2. The van der Waals surface area contributed by atoms with Gasteiger partial charge in [0.05, 0.1) is 4.88 Å². The highest BCUT2D eigenvalue weighted by molar-refractivity contribution is 7.12. The second-order valence-electron chi connectivity index (χ2n) is 4.89. The van der Waals surface area contributed by atoms with E-state index in [9.17, 15) is 9.59 Å². The molecular weight excluding hydrogens is 300 g/mol. The van der Waals surface area contributed by atoms with Crippen molar-refractivity contribution < 1.29 is 14.0 Å². The fraction of sp³-hybridized carbons (Fsp3) is 0.125. The van der Waals surface area contributed by atoms with E-state index < -0.39 is 5.91 Å². The SMILES string of the molecule is Cc1ccsc1C(=O)NNC(=O)c1oc2ccccc2c1C. The molecule has 22 heavy (non-hydrogen) atoms. The zero-order valence-corrected chi connectivity index (χ0v) is 12.9. The summed E-state index contributed by atoms with van der Waals surface area (Å²) in [5, 5.41) is 2.71. The number of hydrogen-bond acceptors (Lipinski definition) is 4. The summed E-state index contributed by atoms with van der Waals surface area (Å²) < 4.78 is 5.55. The van der Waals surface area contributed by atoms with Crippen LogP contribution in [0.5, 0.6) is 0 Å². The standard InChI is InChI=1S/C16H14N2O3S/c1-9-7-8-22-14(9)16(20)18-17-15(19)13-10(2)11-5-3-4-6-12(11)21-13/h3-8H,1-2H3,(H,17,19)(H,18,20). The minimum atomic E-state index is -0.476. The lowest BCUT2D eigenvalue weighted by Gasteiger charge is -2.05. The van der Waals surface area contributed by atoms with Crippen molar-refractivity contribution in [3.8, 4) is 0 Å². The highest BCUT2D eigenvalue weighted by atomic mass is 32.1. The third-order valence-corrected chi connectivity index (χ3v) is 4.42. The van der Waals surface area contributed by atoms with Crippen molar-refractivity contribution in [2.45, 2.75) is 13.8 Å². The van der Waals surface area contributed by atoms with Crippen molar-refractivity contribution in [3.63, 3.8) is 0 Å². The van der Waals surface area contributed by atoms with Gasteiger partial charge in [0, 0.05) is 10.9 Å². The van der Waals surface area contributed by atoms with Gasteiger partial charge in [0.2, 0.25) is 0 Å². The van der Waals surface area contributed by atoms with Gasteiger partial charge in [-0.2, -0.15) is 0 Å². The van der Waals surface area contributed by atoms with E-state index in [2.05, 4.69) is 10.9 Å². The second kappa shape index (κ2) is 5.65. The molecule has 2 heterocycles. The predicted molar refractivity (Wildman–Crippen MR) is 84.9 cm³/mol. The predicted octanol–water partition coefficient (Wildman–Crippen LogP) is 3.19. The van der Waals surface area contributed by atoms with Crippen LogP contribution in [0.1, 0.15) is 31.4 Å². The molecule has 2 N–H and O–H groups in total. The fourth-order valence-electron chi connectivity index (χ4n) is 2.22. The monoisotopic (exact) mass is 314 g/mol. The average Bonchev–Trinajstić information content (AvgIpc) is 3.09. The molecule has 2 aromatic heterocycles. The van der Waals surface area contributed by atoms with Crippen LogP contribution in [0.15, 0.2) is 40.1 Å². The molecule has 0 radical (unpaired) electrons. The van der Waals surface area contributed by atoms with Gasteiger partial charge >= 0.3 is 5.91 Å². The number of rotatable bonds is 2. The number of benzene rings is 1. The molecule has 0 spiro atoms. The van der Waals surface area contributed by atoms with Gasteiger partial charge in [-0.1, -0.05) is 18.2 Å². The molecule has 6 heteroatoms. The third-order valence-electron chi connectivity index (χ3n) is 3.41. The van der Waals surface area contributed by atoms with Gasteiger partial charge in [-0.3, -0.25) is 20.4 Å². The maximum absolute atomic E-state index is 12.2. The smallest absolute Gasteiger partial charge is 0.305 e. The van der Waals surface area contributed by atoms with Crippen LogP contribution < -0.4 is 10.9 Å². The summed E-state index contributed by atoms with van der Waals surface area (Å²) in [6.07, 6.45) is 0. The number of aryl methyl sites for hydroxylation is 2. The Kier molecular flexibility index (Phi) is 3.68. The summed E-state index contributed by atoms with van der Waals surface area (Å²) in [6, 6.07) is 9.26. The zero-order valence-electron chi connectivity index (χ0n) is 12.1. The second-order valence-corrected chi connectivity index (χ2v) is 5.81. The van der Waals surface area contributed by atoms with Crippen molar-refractivity contribution in [2.24, 2.45) is 0 Å². The average molecular weight is 314 g/mol. The van der Waals surface area contributed by atoms with E-state index in [1.54, 1.807) is 6.07 Å². The molecule has 0 aliphatic heterocycles. The van der Waals surface area contributed by atoms with E-state index in [1.807, 2.05) is 43.5 Å². The Bertz CT molecular complexity index is 863. The van der Waals surface area contributed by atoms with E-state index in [4.69, 9.17) is 4.42 Å². The van der Waals surface area contributed by atoms with Crippen LogP contribution in [0.4, 0.5) is 0 Å². The Morgan fingerprint density at radius 3 is 2.45 bits per heavy atom. The molecule has 3 rings (SSSR count). The van der Waals surface area contributed by atoms with Crippen molar-refractivity contribution in [2.75, 3.05) is 0 Å². The first kappa shape index (κ1) is 14.3. The summed E-state index contributed by atoms with van der Waals surface area (Å²) in [4.78, 5) is 24.7. The van der Waals surface area contributed by atoms with Gasteiger partial charge in [-0.15, -0.1) is 11.3 Å². The van der Waals surface area contributed by atoms with E-state index >= 15 is 0 Å². The fourth-order valence-corrected chi connectivity index (χ4v) is 3.04. The first-order valence-electron chi connectivity index (χ1n) is 6.71. The number of furan rings is 1. The van der Waals surface area contributed by atoms with Gasteiger partial charge in [0.25, 0.3) is 5.91 Å². The van der Waals surface area contributed by atoms with Gasteiger partial charge in [-0.25, -0.2) is 0 Å². The lowest BCUT2D eigenvalue weighted by atomic mass is 10.1. The van der Waals surface area contributed by atoms with Gasteiger partial charge in [0.1, 0.15) is 5.58 Å². The van der Waals surface area contributed by atoms with Crippen molar-refractivity contribution in [1.29, 1.82) is 0 Å². The quantitative estimate of drug-likeness (QED) is 0.714. The van der Waals surface area contributed by atoms with E-state index in [0.717, 1.165) is 16.5 Å². The first-order chi connectivity index (χ1) is 10.6. The minimum absolute atomic E-state index is 0.199. The number of thiophene rings is 1. The molecule has 0 saturated heterocycles. The van der Waals surface area contributed by atoms with Gasteiger partial charge in [0.15, 0.2) is 5.76 Å². The number of nitrogens with one attached hydrogen (secondary N) is 2.